The van der Waals surface area contributed by atoms with E-state index < -0.39 is 5.91 Å². The molecule has 0 bridgehead atoms. The van der Waals surface area contributed by atoms with Crippen LogP contribution in [0.3, 0.4) is 0 Å². The Morgan fingerprint density at radius 2 is 1.52 bits per heavy atom. The van der Waals surface area contributed by atoms with Gasteiger partial charge >= 0.3 is 0 Å². The van der Waals surface area contributed by atoms with Crippen molar-refractivity contribution in [2.75, 3.05) is 6.61 Å². The van der Waals surface area contributed by atoms with Crippen LogP contribution in [0.15, 0.2) is 72.1 Å². The summed E-state index contributed by atoms with van der Waals surface area (Å²) < 4.78 is 11.1. The van der Waals surface area contributed by atoms with Crippen molar-refractivity contribution >= 4 is 23.2 Å². The highest BCUT2D eigenvalue weighted by molar-refractivity contribution is 7.12. The summed E-state index contributed by atoms with van der Waals surface area (Å²) in [5.74, 6) is 0.420. The second kappa shape index (κ2) is 9.40. The van der Waals surface area contributed by atoms with E-state index in [1.165, 1.54) is 11.3 Å². The Morgan fingerprint density at radius 1 is 0.815 bits per heavy atom. The van der Waals surface area contributed by atoms with Gasteiger partial charge in [0.25, 0.3) is 11.8 Å². The van der Waals surface area contributed by atoms with Crippen LogP contribution in [-0.2, 0) is 11.4 Å². The molecule has 1 heterocycles. The average molecular weight is 382 g/mol. The summed E-state index contributed by atoms with van der Waals surface area (Å²) in [6.07, 6.45) is 0. The maximum absolute atomic E-state index is 11.7. The number of nitrogens with one attached hydrogen (secondary N) is 2. The fourth-order valence-corrected chi connectivity index (χ4v) is 2.77. The SMILES string of the molecule is O=C(COc1ccc(OCc2ccccc2)cc1)NNC(=O)c1cccs1. The van der Waals surface area contributed by atoms with Gasteiger partial charge in [0.1, 0.15) is 18.1 Å². The number of amides is 2. The highest BCUT2D eigenvalue weighted by Crippen LogP contribution is 2.18. The van der Waals surface area contributed by atoms with E-state index in [1.54, 1.807) is 41.8 Å². The maximum Gasteiger partial charge on any atom is 0.279 e. The van der Waals surface area contributed by atoms with Crippen molar-refractivity contribution in [1.82, 2.24) is 10.9 Å². The second-order valence-corrected chi connectivity index (χ2v) is 6.46. The third-order valence-corrected chi connectivity index (χ3v) is 4.37. The quantitative estimate of drug-likeness (QED) is 0.616. The van der Waals surface area contributed by atoms with Crippen LogP contribution >= 0.6 is 11.3 Å². The van der Waals surface area contributed by atoms with Crippen LogP contribution in [0.1, 0.15) is 15.2 Å². The van der Waals surface area contributed by atoms with Crippen LogP contribution in [0, 0.1) is 0 Å². The van der Waals surface area contributed by atoms with Gasteiger partial charge in [0, 0.05) is 0 Å². The molecule has 27 heavy (non-hydrogen) atoms. The molecule has 0 radical (unpaired) electrons. The van der Waals surface area contributed by atoms with Gasteiger partial charge in [0.05, 0.1) is 4.88 Å². The number of benzene rings is 2. The maximum atomic E-state index is 11.7. The molecule has 0 aliphatic carbocycles. The van der Waals surface area contributed by atoms with Crippen LogP contribution in [0.2, 0.25) is 0 Å². The predicted molar refractivity (Wildman–Crippen MR) is 103 cm³/mol. The van der Waals surface area contributed by atoms with Crippen molar-refractivity contribution in [2.24, 2.45) is 0 Å². The number of thiophene rings is 1. The van der Waals surface area contributed by atoms with E-state index in [1.807, 2.05) is 30.3 Å². The van der Waals surface area contributed by atoms with Crippen LogP contribution in [0.4, 0.5) is 0 Å². The first-order valence-corrected chi connectivity index (χ1v) is 9.11. The fraction of sp³-hybridized carbons (Fsp3) is 0.100. The Morgan fingerprint density at radius 3 is 2.19 bits per heavy atom. The Bertz CT molecular complexity index is 865. The third kappa shape index (κ3) is 5.86. The molecule has 3 rings (SSSR count). The lowest BCUT2D eigenvalue weighted by molar-refractivity contribution is -0.123. The molecule has 2 aromatic carbocycles. The lowest BCUT2D eigenvalue weighted by Gasteiger charge is -2.09. The molecule has 0 saturated heterocycles. The smallest absolute Gasteiger partial charge is 0.279 e. The number of hydrogen-bond acceptors (Lipinski definition) is 5. The van der Waals surface area contributed by atoms with Gasteiger partial charge in [0.15, 0.2) is 6.61 Å². The topological polar surface area (TPSA) is 76.7 Å². The number of hydrogen-bond donors (Lipinski definition) is 2. The highest BCUT2D eigenvalue weighted by Gasteiger charge is 2.08. The van der Waals surface area contributed by atoms with Gasteiger partial charge in [0.2, 0.25) is 0 Å². The van der Waals surface area contributed by atoms with Crippen molar-refractivity contribution in [3.8, 4) is 11.5 Å². The van der Waals surface area contributed by atoms with Gasteiger partial charge in [-0.2, -0.15) is 0 Å². The molecular formula is C20H18N2O4S. The van der Waals surface area contributed by atoms with Crippen molar-refractivity contribution in [1.29, 1.82) is 0 Å². The molecule has 0 unspecified atom stereocenters. The van der Waals surface area contributed by atoms with Gasteiger partial charge < -0.3 is 9.47 Å². The Balaban J connectivity index is 1.39. The lowest BCUT2D eigenvalue weighted by atomic mass is 10.2. The summed E-state index contributed by atoms with van der Waals surface area (Å²) in [7, 11) is 0. The predicted octanol–water partition coefficient (Wildman–Crippen LogP) is 3.17. The first-order chi connectivity index (χ1) is 13.2. The molecule has 1 aromatic heterocycles. The van der Waals surface area contributed by atoms with Gasteiger partial charge in [-0.1, -0.05) is 36.4 Å². The summed E-state index contributed by atoms with van der Waals surface area (Å²) in [4.78, 5) is 24.0. The molecule has 138 valence electrons. The molecule has 0 aliphatic rings. The lowest BCUT2D eigenvalue weighted by Crippen LogP contribution is -2.43. The zero-order chi connectivity index (χ0) is 18.9. The summed E-state index contributed by atoms with van der Waals surface area (Å²) in [5, 5.41) is 1.78. The van der Waals surface area contributed by atoms with Crippen LogP contribution < -0.4 is 20.3 Å². The van der Waals surface area contributed by atoms with Gasteiger partial charge in [-0.25, -0.2) is 0 Å². The third-order valence-electron chi connectivity index (χ3n) is 3.50. The summed E-state index contributed by atoms with van der Waals surface area (Å²) in [5.41, 5.74) is 5.73. The number of carbonyl (C=O) groups excluding carboxylic acids is 2. The van der Waals surface area contributed by atoms with Crippen LogP contribution in [-0.4, -0.2) is 18.4 Å². The first kappa shape index (κ1) is 18.5. The monoisotopic (exact) mass is 382 g/mol. The number of ether oxygens (including phenoxy) is 2. The van der Waals surface area contributed by atoms with E-state index >= 15 is 0 Å². The molecule has 0 spiro atoms. The fourth-order valence-electron chi connectivity index (χ4n) is 2.15. The second-order valence-electron chi connectivity index (χ2n) is 5.51. The summed E-state index contributed by atoms with van der Waals surface area (Å²) in [6.45, 7) is 0.266. The molecule has 0 saturated carbocycles. The van der Waals surface area contributed by atoms with Crippen molar-refractivity contribution < 1.29 is 19.1 Å². The first-order valence-electron chi connectivity index (χ1n) is 8.23. The number of carbonyl (C=O) groups is 2. The summed E-state index contributed by atoms with van der Waals surface area (Å²) >= 11 is 1.29. The minimum Gasteiger partial charge on any atom is -0.489 e. The highest BCUT2D eigenvalue weighted by atomic mass is 32.1. The Kier molecular flexibility index (Phi) is 6.43. The average Bonchev–Trinajstić information content (AvgIpc) is 3.25. The molecular weight excluding hydrogens is 364 g/mol. The molecule has 7 heteroatoms. The number of hydrazine groups is 1. The molecule has 2 N–H and O–H groups in total. The number of rotatable bonds is 7. The van der Waals surface area contributed by atoms with Crippen molar-refractivity contribution in [3.63, 3.8) is 0 Å². The molecule has 0 atom stereocenters. The van der Waals surface area contributed by atoms with E-state index in [0.29, 0.717) is 23.0 Å². The molecule has 2 amide bonds. The molecule has 0 fully saturated rings. The summed E-state index contributed by atoms with van der Waals surface area (Å²) in [6, 6.07) is 20.3. The van der Waals surface area contributed by atoms with E-state index in [-0.39, 0.29) is 12.5 Å². The van der Waals surface area contributed by atoms with Crippen molar-refractivity contribution in [2.45, 2.75) is 6.61 Å². The van der Waals surface area contributed by atoms with E-state index in [2.05, 4.69) is 10.9 Å². The molecule has 3 aromatic rings. The van der Waals surface area contributed by atoms with Gasteiger partial charge in [-0.05, 0) is 41.3 Å². The minimum atomic E-state index is -0.454. The van der Waals surface area contributed by atoms with Crippen LogP contribution in [0.25, 0.3) is 0 Å². The van der Waals surface area contributed by atoms with Crippen molar-refractivity contribution in [3.05, 3.63) is 82.6 Å². The van der Waals surface area contributed by atoms with Gasteiger partial charge in [-0.15, -0.1) is 11.3 Å². The molecule has 0 aliphatic heterocycles. The standard InChI is InChI=1S/C20H18N2O4S/c23-19(21-22-20(24)18-7-4-12-27-18)14-26-17-10-8-16(9-11-17)25-13-15-5-2-1-3-6-15/h1-12H,13-14H2,(H,21,23)(H,22,24). The van der Waals surface area contributed by atoms with E-state index in [9.17, 15) is 9.59 Å². The van der Waals surface area contributed by atoms with E-state index in [4.69, 9.17) is 9.47 Å². The Labute approximate surface area is 160 Å². The minimum absolute atomic E-state index is 0.213. The zero-order valence-electron chi connectivity index (χ0n) is 14.4. The normalized spacial score (nSPS) is 10.1. The van der Waals surface area contributed by atoms with Gasteiger partial charge in [-0.3, -0.25) is 20.4 Å². The largest absolute Gasteiger partial charge is 0.489 e. The zero-order valence-corrected chi connectivity index (χ0v) is 15.2. The Hall–Kier alpha value is -3.32. The molecule has 6 nitrogen and oxygen atoms in total. The van der Waals surface area contributed by atoms with Crippen LogP contribution in [0.5, 0.6) is 11.5 Å². The van der Waals surface area contributed by atoms with E-state index in [0.717, 1.165) is 5.56 Å².